The summed E-state index contributed by atoms with van der Waals surface area (Å²) in [7, 11) is 0. The van der Waals surface area contributed by atoms with E-state index < -0.39 is 0 Å². The summed E-state index contributed by atoms with van der Waals surface area (Å²) in [5.41, 5.74) is 3.01. The molecule has 0 radical (unpaired) electrons. The highest BCUT2D eigenvalue weighted by molar-refractivity contribution is 5.95. The van der Waals surface area contributed by atoms with E-state index in [9.17, 15) is 4.79 Å². The lowest BCUT2D eigenvalue weighted by Crippen LogP contribution is -2.42. The Bertz CT molecular complexity index is 621. The first-order valence-electron chi connectivity index (χ1n) is 8.28. The van der Waals surface area contributed by atoms with Gasteiger partial charge in [0.1, 0.15) is 0 Å². The molecule has 0 saturated carbocycles. The number of anilines is 1. The molecule has 5 nitrogen and oxygen atoms in total. The molecule has 0 aromatic heterocycles. The highest BCUT2D eigenvalue weighted by atomic mass is 16.2. The van der Waals surface area contributed by atoms with Crippen molar-refractivity contribution in [3.63, 3.8) is 0 Å². The fourth-order valence-corrected chi connectivity index (χ4v) is 2.68. The minimum atomic E-state index is -0.119. The Morgan fingerprint density at radius 1 is 1.21 bits per heavy atom. The van der Waals surface area contributed by atoms with Crippen LogP contribution in [0.15, 0.2) is 18.2 Å². The Morgan fingerprint density at radius 2 is 1.83 bits per heavy atom. The molecule has 0 aliphatic carbocycles. The smallest absolute Gasteiger partial charge is 0.241 e. The van der Waals surface area contributed by atoms with Gasteiger partial charge in [-0.15, -0.1) is 0 Å². The van der Waals surface area contributed by atoms with Crippen molar-refractivity contribution in [2.24, 2.45) is 5.92 Å². The fourth-order valence-electron chi connectivity index (χ4n) is 2.68. The second-order valence-corrected chi connectivity index (χ2v) is 6.16. The van der Waals surface area contributed by atoms with E-state index in [0.717, 1.165) is 16.8 Å². The summed E-state index contributed by atoms with van der Waals surface area (Å²) in [5.74, 6) is -0.159. The molecule has 0 N–H and O–H groups in total. The molecule has 0 bridgehead atoms. The number of likely N-dealkylation sites (N-methyl/N-ethyl adjacent to an activating group) is 1. The number of hydrogen-bond donors (Lipinski definition) is 0. The van der Waals surface area contributed by atoms with Crippen LogP contribution in [-0.2, 0) is 4.79 Å². The van der Waals surface area contributed by atoms with E-state index in [1.165, 1.54) is 0 Å². The van der Waals surface area contributed by atoms with E-state index in [-0.39, 0.29) is 18.4 Å². The average molecular weight is 326 g/mol. The Labute approximate surface area is 145 Å². The molecule has 1 atom stereocenters. The molecule has 1 rings (SSSR count). The summed E-state index contributed by atoms with van der Waals surface area (Å²) >= 11 is 0. The number of nitriles is 2. The topological polar surface area (TPSA) is 71.1 Å². The highest BCUT2D eigenvalue weighted by Gasteiger charge is 2.19. The fraction of sp³-hybridized carbons (Fsp3) is 0.526. The molecule has 0 heterocycles. The minimum Gasteiger partial charge on any atom is -0.310 e. The van der Waals surface area contributed by atoms with Gasteiger partial charge in [-0.2, -0.15) is 10.5 Å². The van der Waals surface area contributed by atoms with Crippen LogP contribution in [0, 0.1) is 42.4 Å². The summed E-state index contributed by atoms with van der Waals surface area (Å²) in [6.45, 7) is 9.73. The second-order valence-electron chi connectivity index (χ2n) is 6.16. The number of carbonyl (C=O) groups is 1. The van der Waals surface area contributed by atoms with Crippen LogP contribution in [0.3, 0.4) is 0 Å². The Morgan fingerprint density at radius 3 is 2.33 bits per heavy atom. The van der Waals surface area contributed by atoms with Crippen LogP contribution in [0.4, 0.5) is 5.69 Å². The van der Waals surface area contributed by atoms with E-state index in [2.05, 4.69) is 18.2 Å². The van der Waals surface area contributed by atoms with Gasteiger partial charge in [-0.25, -0.2) is 0 Å². The van der Waals surface area contributed by atoms with Crippen LogP contribution in [0.25, 0.3) is 0 Å². The van der Waals surface area contributed by atoms with Gasteiger partial charge >= 0.3 is 0 Å². The summed E-state index contributed by atoms with van der Waals surface area (Å²) < 4.78 is 0. The van der Waals surface area contributed by atoms with Gasteiger partial charge in [0.15, 0.2) is 0 Å². The molecule has 0 spiro atoms. The number of carbonyl (C=O) groups excluding carboxylic acids is 1. The van der Waals surface area contributed by atoms with Gasteiger partial charge in [-0.1, -0.05) is 13.0 Å². The summed E-state index contributed by atoms with van der Waals surface area (Å²) in [6, 6.07) is 10.3. The van der Waals surface area contributed by atoms with Crippen molar-refractivity contribution in [1.82, 2.24) is 4.90 Å². The SMILES string of the molecule is CCN(CC(=O)N(CCC#N)c1cc(C)cc(C)c1)CC(C)C#N. The average Bonchev–Trinajstić information content (AvgIpc) is 2.53. The zero-order valence-electron chi connectivity index (χ0n) is 15.0. The normalized spacial score (nSPS) is 11.6. The largest absolute Gasteiger partial charge is 0.310 e. The summed E-state index contributed by atoms with van der Waals surface area (Å²) in [6.07, 6.45) is 0.291. The third-order valence-corrected chi connectivity index (χ3v) is 3.82. The van der Waals surface area contributed by atoms with Crippen molar-refractivity contribution in [1.29, 1.82) is 10.5 Å². The minimum absolute atomic E-state index is 0.0396. The van der Waals surface area contributed by atoms with E-state index in [0.29, 0.717) is 26.1 Å². The van der Waals surface area contributed by atoms with Gasteiger partial charge in [0.05, 0.1) is 31.0 Å². The second kappa shape index (κ2) is 9.70. The molecule has 128 valence electrons. The predicted octanol–water partition coefficient (Wildman–Crippen LogP) is 3.03. The van der Waals surface area contributed by atoms with Crippen LogP contribution in [0.5, 0.6) is 0 Å². The van der Waals surface area contributed by atoms with Crippen LogP contribution >= 0.6 is 0 Å². The van der Waals surface area contributed by atoms with Crippen LogP contribution in [0.2, 0.25) is 0 Å². The summed E-state index contributed by atoms with van der Waals surface area (Å²) in [5, 5.41) is 17.9. The lowest BCUT2D eigenvalue weighted by Gasteiger charge is -2.27. The third kappa shape index (κ3) is 6.02. The van der Waals surface area contributed by atoms with Crippen molar-refractivity contribution in [2.75, 3.05) is 31.1 Å². The molecule has 1 aromatic carbocycles. The first-order chi connectivity index (χ1) is 11.4. The standard InChI is InChI=1S/C19H26N4O/c1-5-22(13-17(4)12-21)14-19(24)23(8-6-7-20)18-10-15(2)9-16(3)11-18/h9-11,17H,5-6,8,13-14H2,1-4H3. The van der Waals surface area contributed by atoms with Crippen molar-refractivity contribution in [3.05, 3.63) is 29.3 Å². The molecule has 0 saturated heterocycles. The van der Waals surface area contributed by atoms with Crippen LogP contribution < -0.4 is 4.90 Å². The number of amides is 1. The van der Waals surface area contributed by atoms with Crippen molar-refractivity contribution >= 4 is 11.6 Å². The molecule has 24 heavy (non-hydrogen) atoms. The molecule has 1 amide bonds. The van der Waals surface area contributed by atoms with Crippen LogP contribution in [0.1, 0.15) is 31.4 Å². The number of aryl methyl sites for hydroxylation is 2. The molecular formula is C19H26N4O. The van der Waals surface area contributed by atoms with Gasteiger partial charge in [-0.3, -0.25) is 9.69 Å². The predicted molar refractivity (Wildman–Crippen MR) is 95.4 cm³/mol. The lowest BCUT2D eigenvalue weighted by atomic mass is 10.1. The van der Waals surface area contributed by atoms with Crippen molar-refractivity contribution in [3.8, 4) is 12.1 Å². The maximum absolute atomic E-state index is 12.8. The zero-order valence-corrected chi connectivity index (χ0v) is 15.0. The molecule has 1 aromatic rings. The zero-order chi connectivity index (χ0) is 18.1. The van der Waals surface area contributed by atoms with Gasteiger partial charge in [0.2, 0.25) is 5.91 Å². The van der Waals surface area contributed by atoms with E-state index in [4.69, 9.17) is 10.5 Å². The van der Waals surface area contributed by atoms with Crippen molar-refractivity contribution < 1.29 is 4.79 Å². The van der Waals surface area contributed by atoms with Gasteiger partial charge in [0, 0.05) is 18.8 Å². The number of rotatable bonds is 8. The van der Waals surface area contributed by atoms with E-state index >= 15 is 0 Å². The number of hydrogen-bond acceptors (Lipinski definition) is 4. The maximum atomic E-state index is 12.8. The van der Waals surface area contributed by atoms with E-state index in [1.807, 2.05) is 44.7 Å². The third-order valence-electron chi connectivity index (χ3n) is 3.82. The molecule has 1 unspecified atom stereocenters. The summed E-state index contributed by atoms with van der Waals surface area (Å²) in [4.78, 5) is 16.5. The van der Waals surface area contributed by atoms with Gasteiger partial charge < -0.3 is 4.90 Å². The monoisotopic (exact) mass is 326 g/mol. The molecule has 0 aliphatic rings. The maximum Gasteiger partial charge on any atom is 0.241 e. The van der Waals surface area contributed by atoms with Crippen LogP contribution in [-0.4, -0.2) is 37.0 Å². The molecule has 0 fully saturated rings. The molecule has 5 heteroatoms. The molecule has 0 aliphatic heterocycles. The Balaban J connectivity index is 2.96. The number of nitrogens with zero attached hydrogens (tertiary/aromatic N) is 4. The van der Waals surface area contributed by atoms with Gasteiger partial charge in [0.25, 0.3) is 0 Å². The van der Waals surface area contributed by atoms with Crippen molar-refractivity contribution in [2.45, 2.75) is 34.1 Å². The Hall–Kier alpha value is -2.37. The molecular weight excluding hydrogens is 300 g/mol. The Kier molecular flexibility index (Phi) is 7.95. The lowest BCUT2D eigenvalue weighted by molar-refractivity contribution is -0.119. The number of benzene rings is 1. The van der Waals surface area contributed by atoms with Gasteiger partial charge in [-0.05, 0) is 50.6 Å². The quantitative estimate of drug-likeness (QED) is 0.736. The first kappa shape index (κ1) is 19.7. The first-order valence-corrected chi connectivity index (χ1v) is 8.28. The van der Waals surface area contributed by atoms with E-state index in [1.54, 1.807) is 4.90 Å². The highest BCUT2D eigenvalue weighted by Crippen LogP contribution is 2.19.